The molecule has 0 radical (unpaired) electrons. The van der Waals surface area contributed by atoms with E-state index in [0.29, 0.717) is 90.9 Å². The number of nitrogens with one attached hydrogen (secondary N) is 4. The van der Waals surface area contributed by atoms with E-state index in [0.717, 1.165) is 10.6 Å². The van der Waals surface area contributed by atoms with Crippen molar-refractivity contribution in [1.82, 2.24) is 25.1 Å². The third-order valence-electron chi connectivity index (χ3n) is 10.5. The summed E-state index contributed by atoms with van der Waals surface area (Å²) < 4.78 is 18.6. The highest BCUT2D eigenvalue weighted by molar-refractivity contribution is 7.70. The Kier molecular flexibility index (Phi) is 12.2. The Morgan fingerprint density at radius 3 is 2.44 bits per heavy atom. The van der Waals surface area contributed by atoms with Crippen LogP contribution in [0.2, 0.25) is 5.02 Å². The second-order valence-electron chi connectivity index (χ2n) is 14.8. The molecule has 0 aliphatic carbocycles. The number of benzene rings is 3. The molecule has 1 atom stereocenters. The lowest BCUT2D eigenvalue weighted by molar-refractivity contribution is -0.136. The van der Waals surface area contributed by atoms with Gasteiger partial charge in [-0.2, -0.15) is 4.98 Å². The summed E-state index contributed by atoms with van der Waals surface area (Å²) in [6.45, 7) is 6.31. The number of fused-ring (bicyclic) bond motifs is 1. The van der Waals surface area contributed by atoms with Gasteiger partial charge in [-0.05, 0) is 69.0 Å². The van der Waals surface area contributed by atoms with Crippen molar-refractivity contribution in [2.24, 2.45) is 0 Å². The van der Waals surface area contributed by atoms with Crippen LogP contribution in [-0.2, 0) is 18.9 Å². The SMILES string of the molecule is COc1cc(N2CCN(C(=O)CCCCNc3cccc4c3C(=O)N(C3CCC(=O)NC3=O)C4=O)CC2)ccc1Nc1ncc(Cl)c(Nc2ccccc2P(C)(C)=O)n1. The van der Waals surface area contributed by atoms with Crippen LogP contribution in [0.1, 0.15) is 52.8 Å². The number of aromatic nitrogens is 2. The summed E-state index contributed by atoms with van der Waals surface area (Å²) in [5, 5.41) is 12.9. The number of amides is 5. The Bertz CT molecular complexity index is 2370. The molecule has 4 N–H and O–H groups in total. The molecule has 1 unspecified atom stereocenters. The van der Waals surface area contributed by atoms with E-state index in [2.05, 4.69) is 36.1 Å². The van der Waals surface area contributed by atoms with Gasteiger partial charge in [0, 0.05) is 68.3 Å². The molecule has 308 valence electrons. The number of unbranched alkanes of at least 4 members (excludes halogenated alkanes) is 1. The van der Waals surface area contributed by atoms with Gasteiger partial charge in [0.05, 0.1) is 35.8 Å². The summed E-state index contributed by atoms with van der Waals surface area (Å²) in [6, 6.07) is 17.0. The van der Waals surface area contributed by atoms with Gasteiger partial charge in [0.25, 0.3) is 11.8 Å². The summed E-state index contributed by atoms with van der Waals surface area (Å²) in [6.07, 6.45) is 3.29. The molecule has 59 heavy (non-hydrogen) atoms. The lowest BCUT2D eigenvalue weighted by atomic mass is 10.0. The van der Waals surface area contributed by atoms with Gasteiger partial charge >= 0.3 is 0 Å². The average Bonchev–Trinajstić information content (AvgIpc) is 3.47. The van der Waals surface area contributed by atoms with Crippen molar-refractivity contribution < 1.29 is 33.3 Å². The third kappa shape index (κ3) is 9.03. The molecule has 0 bridgehead atoms. The summed E-state index contributed by atoms with van der Waals surface area (Å²) in [5.74, 6) is -0.904. The van der Waals surface area contributed by atoms with E-state index in [-0.39, 0.29) is 35.8 Å². The van der Waals surface area contributed by atoms with Crippen LogP contribution in [-0.4, -0.2) is 109 Å². The molecule has 3 aromatic carbocycles. The maximum atomic E-state index is 13.4. The number of methoxy groups -OCH3 is 1. The topological polar surface area (TPSA) is 195 Å². The van der Waals surface area contributed by atoms with Crippen LogP contribution in [0, 0.1) is 0 Å². The van der Waals surface area contributed by atoms with Crippen molar-refractivity contribution in [1.29, 1.82) is 0 Å². The van der Waals surface area contributed by atoms with Crippen LogP contribution < -0.4 is 36.2 Å². The van der Waals surface area contributed by atoms with Crippen molar-refractivity contribution in [3.8, 4) is 5.75 Å². The standard InChI is InChI=1S/C41H45ClN9O7P/c1-58-32-23-25(14-15-28(32)46-41-44-24-27(42)37(48-41)45-29-10-4-5-12-33(29)59(2,3)57)49-19-21-50(22-20-49)35(53)13-6-7-18-43-30-11-8-9-26-36(30)40(56)51(39(26)55)31-16-17-34(52)47-38(31)54/h4-5,8-12,14-15,23-24,31,43H,6-7,13,16-22H2,1-3H3,(H,47,52,54)(H2,44,45,46,48). The molecule has 18 heteroatoms. The van der Waals surface area contributed by atoms with Crippen LogP contribution in [0.4, 0.5) is 34.5 Å². The molecule has 4 heterocycles. The Morgan fingerprint density at radius 1 is 0.932 bits per heavy atom. The van der Waals surface area contributed by atoms with Crippen LogP contribution in [0.5, 0.6) is 5.75 Å². The van der Waals surface area contributed by atoms with Crippen LogP contribution in [0.25, 0.3) is 0 Å². The zero-order valence-electron chi connectivity index (χ0n) is 32.9. The molecule has 0 spiro atoms. The summed E-state index contributed by atoms with van der Waals surface area (Å²) in [7, 11) is -0.990. The minimum atomic E-state index is -2.57. The van der Waals surface area contributed by atoms with Gasteiger partial charge in [-0.15, -0.1) is 0 Å². The molecule has 7 rings (SSSR count). The fourth-order valence-corrected chi connectivity index (χ4v) is 8.74. The van der Waals surface area contributed by atoms with E-state index in [1.54, 1.807) is 38.6 Å². The first kappa shape index (κ1) is 41.2. The van der Waals surface area contributed by atoms with Crippen molar-refractivity contribution in [2.75, 3.05) is 74.0 Å². The molecule has 1 aromatic heterocycles. The third-order valence-corrected chi connectivity index (χ3v) is 12.3. The predicted molar refractivity (Wildman–Crippen MR) is 226 cm³/mol. The molecular formula is C41H45ClN9O7P. The number of ether oxygens (including phenoxy) is 1. The number of halogens is 1. The zero-order valence-corrected chi connectivity index (χ0v) is 34.6. The van der Waals surface area contributed by atoms with E-state index in [1.807, 2.05) is 47.4 Å². The Balaban J connectivity index is 0.882. The second-order valence-corrected chi connectivity index (χ2v) is 18.4. The number of nitrogens with zero attached hydrogens (tertiary/aromatic N) is 5. The molecule has 3 aliphatic rings. The smallest absolute Gasteiger partial charge is 0.264 e. The Morgan fingerprint density at radius 2 is 1.69 bits per heavy atom. The molecule has 2 fully saturated rings. The number of imide groups is 2. The van der Waals surface area contributed by atoms with E-state index in [1.165, 1.54) is 6.20 Å². The van der Waals surface area contributed by atoms with Crippen LogP contribution >= 0.6 is 18.7 Å². The number of piperazine rings is 1. The summed E-state index contributed by atoms with van der Waals surface area (Å²) in [4.78, 5) is 77.6. The Labute approximate surface area is 346 Å². The van der Waals surface area contributed by atoms with E-state index < -0.39 is 36.8 Å². The van der Waals surface area contributed by atoms with Gasteiger partial charge in [0.2, 0.25) is 23.7 Å². The first-order chi connectivity index (χ1) is 28.3. The van der Waals surface area contributed by atoms with Gasteiger partial charge in [-0.1, -0.05) is 29.8 Å². The maximum Gasteiger partial charge on any atom is 0.264 e. The van der Waals surface area contributed by atoms with Gasteiger partial charge in [-0.3, -0.25) is 34.2 Å². The molecule has 16 nitrogen and oxygen atoms in total. The largest absolute Gasteiger partial charge is 0.494 e. The van der Waals surface area contributed by atoms with E-state index >= 15 is 0 Å². The molecule has 0 saturated carbocycles. The number of rotatable bonds is 14. The lowest BCUT2D eigenvalue weighted by Crippen LogP contribution is -2.54. The number of hydrogen-bond acceptors (Lipinski definition) is 13. The van der Waals surface area contributed by atoms with Crippen molar-refractivity contribution in [3.63, 3.8) is 0 Å². The van der Waals surface area contributed by atoms with Gasteiger partial charge < -0.3 is 35.1 Å². The number of carbonyl (C=O) groups excluding carboxylic acids is 5. The van der Waals surface area contributed by atoms with Crippen LogP contribution in [0.15, 0.2) is 66.9 Å². The molecule has 5 amide bonds. The molecular weight excluding hydrogens is 797 g/mol. The Hall–Kier alpha value is -5.99. The second kappa shape index (κ2) is 17.5. The predicted octanol–water partition coefficient (Wildman–Crippen LogP) is 5.21. The maximum absolute atomic E-state index is 13.4. The molecule has 4 aromatic rings. The lowest BCUT2D eigenvalue weighted by Gasteiger charge is -2.36. The van der Waals surface area contributed by atoms with Gasteiger partial charge in [0.1, 0.15) is 24.0 Å². The van der Waals surface area contributed by atoms with Gasteiger partial charge in [-0.25, -0.2) is 4.98 Å². The van der Waals surface area contributed by atoms with Crippen molar-refractivity contribution in [2.45, 2.75) is 38.1 Å². The van der Waals surface area contributed by atoms with Crippen LogP contribution in [0.3, 0.4) is 0 Å². The van der Waals surface area contributed by atoms with Gasteiger partial charge in [0.15, 0.2) is 5.82 Å². The van der Waals surface area contributed by atoms with E-state index in [9.17, 15) is 28.5 Å². The molecule has 3 aliphatic heterocycles. The monoisotopic (exact) mass is 841 g/mol. The summed E-state index contributed by atoms with van der Waals surface area (Å²) in [5.41, 5.74) is 3.15. The van der Waals surface area contributed by atoms with Crippen molar-refractivity contribution in [3.05, 3.63) is 83.0 Å². The fraction of sp³-hybridized carbons (Fsp3) is 0.341. The highest BCUT2D eigenvalue weighted by Gasteiger charge is 2.45. The minimum absolute atomic E-state index is 0.0525. The number of para-hydroxylation sites is 1. The number of carbonyl (C=O) groups is 5. The highest BCUT2D eigenvalue weighted by Crippen LogP contribution is 2.39. The normalized spacial score (nSPS) is 16.8. The first-order valence-corrected chi connectivity index (χ1v) is 22.3. The molecule has 2 saturated heterocycles. The highest BCUT2D eigenvalue weighted by atomic mass is 35.5. The number of hydrogen-bond donors (Lipinski definition) is 4. The minimum Gasteiger partial charge on any atom is -0.494 e. The number of anilines is 6. The number of piperidine rings is 1. The fourth-order valence-electron chi connectivity index (χ4n) is 7.45. The zero-order chi connectivity index (χ0) is 41.8. The van der Waals surface area contributed by atoms with E-state index in [4.69, 9.17) is 16.3 Å². The van der Waals surface area contributed by atoms with Crippen molar-refractivity contribution >= 4 is 88.1 Å². The quantitative estimate of drug-likeness (QED) is 0.0736. The first-order valence-electron chi connectivity index (χ1n) is 19.3. The summed E-state index contributed by atoms with van der Waals surface area (Å²) >= 11 is 6.45. The average molecular weight is 842 g/mol.